The largest absolute Gasteiger partial charge is 0.398 e. The number of alkyl halides is 3. The molecule has 0 heterocycles. The van der Waals surface area contributed by atoms with Gasteiger partial charge in [0.15, 0.2) is 6.67 Å². The van der Waals surface area contributed by atoms with Gasteiger partial charge in [-0.05, 0) is 6.08 Å². The van der Waals surface area contributed by atoms with Crippen LogP contribution >= 0.6 is 0 Å². The van der Waals surface area contributed by atoms with Crippen molar-refractivity contribution in [3.63, 3.8) is 0 Å². The number of hydrogen-bond donors (Lipinski definition) is 2. The van der Waals surface area contributed by atoms with Crippen LogP contribution in [0.5, 0.6) is 0 Å². The van der Waals surface area contributed by atoms with Crippen molar-refractivity contribution in [3.05, 3.63) is 12.7 Å². The lowest BCUT2D eigenvalue weighted by atomic mass is 10.6. The van der Waals surface area contributed by atoms with Crippen LogP contribution < -0.4 is 9.44 Å². The van der Waals surface area contributed by atoms with Gasteiger partial charge in [0, 0.05) is 6.54 Å². The molecule has 0 aliphatic rings. The molecule has 0 unspecified atom stereocenters. The number of nitrogens with one attached hydrogen (secondary N) is 2. The number of rotatable bonds is 9. The molecule has 8 nitrogen and oxygen atoms in total. The molecule has 13 heteroatoms. The molecule has 2 N–H and O–H groups in total. The number of carbonyl (C=O) groups excluding carboxylic acids is 1. The maximum Gasteiger partial charge on any atom is 0.398 e. The van der Waals surface area contributed by atoms with Crippen LogP contribution in [-0.4, -0.2) is 47.8 Å². The number of hydrogen-bond acceptors (Lipinski definition) is 6. The van der Waals surface area contributed by atoms with E-state index in [9.17, 15) is 34.8 Å². The van der Waals surface area contributed by atoms with E-state index in [0.717, 1.165) is 10.2 Å². The molecule has 0 fully saturated rings. The third-order valence-electron chi connectivity index (χ3n) is 1.47. The van der Waals surface area contributed by atoms with E-state index in [1.807, 2.05) is 5.32 Å². The number of halogens is 3. The topological polar surface area (TPSA) is 119 Å². The molecule has 0 radical (unpaired) electrons. The van der Waals surface area contributed by atoms with Crippen LogP contribution in [0.1, 0.15) is 0 Å². The average molecular weight is 340 g/mol. The summed E-state index contributed by atoms with van der Waals surface area (Å²) in [4.78, 5) is 10.7. The standard InChI is InChI=1S/C7H11F3N2O6S2/c1-2-6(13)11-3-4-19(14,15)12-20(16,17)18-7(9,10)5-8/h2,12H,1,3-5H2,(H,11,13). The molecule has 0 aliphatic carbocycles. The molecule has 0 spiro atoms. The quantitative estimate of drug-likeness (QED) is 0.522. The Hall–Kier alpha value is -1.18. The van der Waals surface area contributed by atoms with Crippen LogP contribution in [0.2, 0.25) is 0 Å². The smallest absolute Gasteiger partial charge is 0.351 e. The minimum Gasteiger partial charge on any atom is -0.351 e. The van der Waals surface area contributed by atoms with Gasteiger partial charge in [-0.15, -0.1) is 0 Å². The van der Waals surface area contributed by atoms with E-state index < -0.39 is 51.3 Å². The Morgan fingerprint density at radius 2 is 1.85 bits per heavy atom. The van der Waals surface area contributed by atoms with Gasteiger partial charge in [-0.25, -0.2) is 12.8 Å². The number of amides is 1. The molecule has 0 aromatic rings. The van der Waals surface area contributed by atoms with Crippen molar-refractivity contribution in [1.82, 2.24) is 9.44 Å². The van der Waals surface area contributed by atoms with Gasteiger partial charge in [0.2, 0.25) is 15.9 Å². The summed E-state index contributed by atoms with van der Waals surface area (Å²) in [5.41, 5.74) is 0. The fraction of sp³-hybridized carbons (Fsp3) is 0.571. The van der Waals surface area contributed by atoms with E-state index in [1.165, 1.54) is 0 Å². The average Bonchev–Trinajstić information content (AvgIpc) is 2.25. The number of carbonyl (C=O) groups is 1. The molecule has 118 valence electrons. The summed E-state index contributed by atoms with van der Waals surface area (Å²) in [6.45, 7) is 0.113. The lowest BCUT2D eigenvalue weighted by molar-refractivity contribution is -0.183. The molecule has 0 aliphatic heterocycles. The van der Waals surface area contributed by atoms with Crippen LogP contribution in [0.25, 0.3) is 0 Å². The molecule has 1 amide bonds. The predicted octanol–water partition coefficient (Wildman–Crippen LogP) is -0.968. The summed E-state index contributed by atoms with van der Waals surface area (Å²) in [7, 11) is -10.0. The molecule has 0 saturated heterocycles. The summed E-state index contributed by atoms with van der Waals surface area (Å²) in [5.74, 6) is -1.65. The molecular formula is C7H11F3N2O6S2. The van der Waals surface area contributed by atoms with E-state index in [1.54, 1.807) is 0 Å². The van der Waals surface area contributed by atoms with Gasteiger partial charge in [-0.3, -0.25) is 4.79 Å². The maximum atomic E-state index is 12.3. The Morgan fingerprint density at radius 3 is 2.30 bits per heavy atom. The van der Waals surface area contributed by atoms with Crippen molar-refractivity contribution in [1.29, 1.82) is 0 Å². The van der Waals surface area contributed by atoms with Crippen LogP contribution in [0.4, 0.5) is 13.2 Å². The Labute approximate surface area is 113 Å². The second-order valence-corrected chi connectivity index (χ2v) is 6.59. The van der Waals surface area contributed by atoms with Crippen LogP contribution in [0.15, 0.2) is 12.7 Å². The third kappa shape index (κ3) is 8.08. The van der Waals surface area contributed by atoms with Crippen molar-refractivity contribution in [2.45, 2.75) is 6.11 Å². The van der Waals surface area contributed by atoms with Gasteiger partial charge >= 0.3 is 16.4 Å². The molecule has 20 heavy (non-hydrogen) atoms. The van der Waals surface area contributed by atoms with Crippen molar-refractivity contribution < 1.29 is 39.0 Å². The van der Waals surface area contributed by atoms with Crippen molar-refractivity contribution in [2.75, 3.05) is 19.0 Å². The van der Waals surface area contributed by atoms with Gasteiger partial charge in [0.25, 0.3) is 0 Å². The normalized spacial score (nSPS) is 12.9. The second-order valence-electron chi connectivity index (χ2n) is 3.21. The summed E-state index contributed by atoms with van der Waals surface area (Å²) >= 11 is 0. The van der Waals surface area contributed by atoms with E-state index in [2.05, 4.69) is 10.8 Å². The third-order valence-corrected chi connectivity index (χ3v) is 4.51. The first-order chi connectivity index (χ1) is 8.93. The van der Waals surface area contributed by atoms with Gasteiger partial charge in [0.05, 0.1) is 5.75 Å². The van der Waals surface area contributed by atoms with E-state index in [0.29, 0.717) is 0 Å². The minimum absolute atomic E-state index is 0.505. The second kappa shape index (κ2) is 7.01. The monoisotopic (exact) mass is 340 g/mol. The highest BCUT2D eigenvalue weighted by Gasteiger charge is 2.38. The van der Waals surface area contributed by atoms with Crippen molar-refractivity contribution >= 4 is 26.2 Å². The van der Waals surface area contributed by atoms with E-state index in [4.69, 9.17) is 0 Å². The Morgan fingerprint density at radius 1 is 1.30 bits per heavy atom. The van der Waals surface area contributed by atoms with Gasteiger partial charge in [0.1, 0.15) is 0 Å². The first-order valence-corrected chi connectivity index (χ1v) is 7.80. The zero-order valence-electron chi connectivity index (χ0n) is 9.81. The SMILES string of the molecule is C=CC(=O)NCCS(=O)(=O)NS(=O)(=O)OC(F)(F)CF. The van der Waals surface area contributed by atoms with Crippen molar-refractivity contribution in [2.24, 2.45) is 0 Å². The summed E-state index contributed by atoms with van der Waals surface area (Å²) in [6, 6.07) is 0. The zero-order valence-corrected chi connectivity index (χ0v) is 11.4. The fourth-order valence-electron chi connectivity index (χ4n) is 0.778. The van der Waals surface area contributed by atoms with E-state index in [-0.39, 0.29) is 0 Å². The van der Waals surface area contributed by atoms with Crippen LogP contribution in [0, 0.1) is 0 Å². The van der Waals surface area contributed by atoms with Crippen molar-refractivity contribution in [3.8, 4) is 0 Å². The number of sulfonamides is 1. The molecule has 0 aromatic heterocycles. The molecular weight excluding hydrogens is 329 g/mol. The minimum atomic E-state index is -5.43. The fourth-order valence-corrected chi connectivity index (χ4v) is 3.23. The molecule has 0 aromatic carbocycles. The first kappa shape index (κ1) is 18.8. The lowest BCUT2D eigenvalue weighted by Gasteiger charge is -2.13. The Bertz CT molecular complexity index is 559. The summed E-state index contributed by atoms with van der Waals surface area (Å²) < 4.78 is 84.5. The van der Waals surface area contributed by atoms with E-state index >= 15 is 0 Å². The highest BCUT2D eigenvalue weighted by molar-refractivity contribution is 8.02. The lowest BCUT2D eigenvalue weighted by Crippen LogP contribution is -2.41. The predicted molar refractivity (Wildman–Crippen MR) is 61.1 cm³/mol. The molecule has 0 bridgehead atoms. The highest BCUT2D eigenvalue weighted by Crippen LogP contribution is 2.18. The Kier molecular flexibility index (Phi) is 6.60. The van der Waals surface area contributed by atoms with Crippen LogP contribution in [-0.2, 0) is 29.3 Å². The zero-order chi connectivity index (χ0) is 16.0. The summed E-state index contributed by atoms with van der Waals surface area (Å²) in [6.07, 6.45) is -3.85. The molecule has 0 rings (SSSR count). The van der Waals surface area contributed by atoms with Gasteiger partial charge in [-0.2, -0.15) is 21.4 Å². The molecule has 0 atom stereocenters. The first-order valence-electron chi connectivity index (χ1n) is 4.74. The van der Waals surface area contributed by atoms with Gasteiger partial charge in [-0.1, -0.05) is 10.7 Å². The Balaban J connectivity index is 4.60. The maximum absolute atomic E-state index is 12.3. The summed E-state index contributed by atoms with van der Waals surface area (Å²) in [5, 5.41) is 2.01. The highest BCUT2D eigenvalue weighted by atomic mass is 32.3. The molecule has 0 saturated carbocycles. The van der Waals surface area contributed by atoms with Crippen LogP contribution in [0.3, 0.4) is 0 Å². The van der Waals surface area contributed by atoms with Gasteiger partial charge < -0.3 is 5.32 Å².